The summed E-state index contributed by atoms with van der Waals surface area (Å²) >= 11 is 8.27. The first-order valence-corrected chi connectivity index (χ1v) is 15.6. The molecule has 0 saturated carbocycles. The molecule has 2 aliphatic rings. The van der Waals surface area contributed by atoms with Crippen LogP contribution in [0.4, 0.5) is 9.93 Å². The van der Waals surface area contributed by atoms with E-state index in [1.54, 1.807) is 18.5 Å². The molecule has 5 rings (SSSR count). The van der Waals surface area contributed by atoms with E-state index in [1.807, 2.05) is 21.3 Å². The molecule has 0 spiro atoms. The van der Waals surface area contributed by atoms with Crippen LogP contribution in [0.15, 0.2) is 47.0 Å². The van der Waals surface area contributed by atoms with Crippen LogP contribution in [0.1, 0.15) is 12.6 Å². The molecule has 2 aliphatic heterocycles. The van der Waals surface area contributed by atoms with Crippen LogP contribution in [0.3, 0.4) is 0 Å². The van der Waals surface area contributed by atoms with Gasteiger partial charge in [-0.25, -0.2) is 19.4 Å². The Kier molecular flexibility index (Phi) is 9.35. The molecule has 0 bridgehead atoms. The number of aliphatic carboxylic acids is 2. The number of carboxylic acids is 2. The summed E-state index contributed by atoms with van der Waals surface area (Å²) < 4.78 is 8.50. The standard InChI is InChI=1S/C26H25ClN8O9S2/c1-11(23(38)39)44-32-16(15-19(27)46-25(28)31-15)20(36)30-17-21(37)35-18(24(40)41)12(10-45-22(17)35)9-34-5-2-3-13-14(34)4-6-33(13)7-8-43-26(29)42/h2-6,11,17,22H,7-10H2,1H3,(H6-,28,29,30,31,36,38,39,40,41,42)/p+1/b32-16-/t11-,17+,22+/m0/s1. The molecule has 5 heterocycles. The Labute approximate surface area is 272 Å². The molecule has 1 saturated heterocycles. The van der Waals surface area contributed by atoms with Crippen molar-refractivity contribution >= 4 is 86.4 Å². The van der Waals surface area contributed by atoms with E-state index >= 15 is 0 Å². The molecule has 7 N–H and O–H groups in total. The number of pyridine rings is 1. The largest absolute Gasteiger partial charge is 0.478 e. The third-order valence-corrected chi connectivity index (χ3v) is 9.40. The van der Waals surface area contributed by atoms with Crippen molar-refractivity contribution in [2.45, 2.75) is 37.5 Å². The lowest BCUT2D eigenvalue weighted by Crippen LogP contribution is -2.71. The minimum absolute atomic E-state index is 0.00603. The number of halogens is 1. The summed E-state index contributed by atoms with van der Waals surface area (Å²) in [7, 11) is 0. The van der Waals surface area contributed by atoms with E-state index in [-0.39, 0.29) is 39.8 Å². The van der Waals surface area contributed by atoms with Crippen molar-refractivity contribution in [3.8, 4) is 0 Å². The summed E-state index contributed by atoms with van der Waals surface area (Å²) in [6, 6.07) is 4.34. The Bertz CT molecular complexity index is 1820. The molecule has 0 aromatic carbocycles. The lowest BCUT2D eigenvalue weighted by molar-refractivity contribution is -0.663. The summed E-state index contributed by atoms with van der Waals surface area (Å²) in [5.41, 5.74) is 11.9. The van der Waals surface area contributed by atoms with Crippen molar-refractivity contribution in [1.29, 1.82) is 0 Å². The zero-order valence-corrected chi connectivity index (χ0v) is 26.2. The van der Waals surface area contributed by atoms with Gasteiger partial charge in [-0.05, 0) is 13.0 Å². The molecular weight excluding hydrogens is 668 g/mol. The predicted octanol–water partition coefficient (Wildman–Crippen LogP) is 0.349. The Balaban J connectivity index is 1.36. The lowest BCUT2D eigenvalue weighted by atomic mass is 10.0. The highest BCUT2D eigenvalue weighted by molar-refractivity contribution is 8.00. The van der Waals surface area contributed by atoms with Gasteiger partial charge in [-0.3, -0.25) is 14.5 Å². The van der Waals surface area contributed by atoms with Gasteiger partial charge in [0.15, 0.2) is 23.6 Å². The van der Waals surface area contributed by atoms with E-state index < -0.39 is 53.1 Å². The monoisotopic (exact) mass is 693 g/mol. The lowest BCUT2D eigenvalue weighted by Gasteiger charge is -2.49. The van der Waals surface area contributed by atoms with Gasteiger partial charge in [-0.15, -0.1) is 11.8 Å². The minimum Gasteiger partial charge on any atom is -0.478 e. The molecule has 0 radical (unpaired) electrons. The molecule has 0 aliphatic carbocycles. The number of oxime groups is 1. The van der Waals surface area contributed by atoms with Gasteiger partial charge < -0.3 is 41.1 Å². The summed E-state index contributed by atoms with van der Waals surface area (Å²) in [5.74, 6) is -4.06. The fraction of sp³-hybridized carbons (Fsp3) is 0.308. The van der Waals surface area contributed by atoms with E-state index in [0.717, 1.165) is 27.3 Å². The third-order valence-electron chi connectivity index (χ3n) is 6.98. The van der Waals surface area contributed by atoms with Gasteiger partial charge >= 0.3 is 18.0 Å². The first-order chi connectivity index (χ1) is 21.9. The number of carboxylic acid groups (broad SMARTS) is 2. The maximum absolute atomic E-state index is 13.3. The number of ether oxygens (including phenoxy) is 1. The van der Waals surface area contributed by atoms with Crippen molar-refractivity contribution in [1.82, 2.24) is 19.8 Å². The van der Waals surface area contributed by atoms with E-state index in [2.05, 4.69) is 15.5 Å². The Morgan fingerprint density at radius 1 is 1.30 bits per heavy atom. The predicted molar refractivity (Wildman–Crippen MR) is 164 cm³/mol. The van der Waals surface area contributed by atoms with Crippen molar-refractivity contribution in [3.63, 3.8) is 0 Å². The number of nitrogens with zero attached hydrogens (tertiary/aromatic N) is 5. The van der Waals surface area contributed by atoms with Gasteiger partial charge in [0.25, 0.3) is 11.8 Å². The summed E-state index contributed by atoms with van der Waals surface area (Å²) in [5, 5.41) is 24.7. The van der Waals surface area contributed by atoms with Gasteiger partial charge in [0.2, 0.25) is 11.6 Å². The molecule has 3 atom stereocenters. The van der Waals surface area contributed by atoms with Crippen LogP contribution in [0.2, 0.25) is 4.34 Å². The van der Waals surface area contributed by atoms with Crippen molar-refractivity contribution < 1.29 is 48.3 Å². The average Bonchev–Trinajstić information content (AvgIpc) is 3.57. The van der Waals surface area contributed by atoms with Crippen LogP contribution < -0.4 is 21.4 Å². The van der Waals surface area contributed by atoms with Crippen LogP contribution in [0.25, 0.3) is 11.0 Å². The Morgan fingerprint density at radius 2 is 2.07 bits per heavy atom. The number of carbonyl (C=O) groups excluding carboxylic acids is 3. The minimum atomic E-state index is -1.42. The van der Waals surface area contributed by atoms with E-state index in [9.17, 15) is 29.1 Å². The number of β-lactam (4-membered cyclic amide) rings is 1. The Hall–Kier alpha value is -4.88. The Morgan fingerprint density at radius 3 is 2.72 bits per heavy atom. The smallest absolute Gasteiger partial charge is 0.404 e. The number of fused-ring (bicyclic) bond motifs is 2. The van der Waals surface area contributed by atoms with Gasteiger partial charge in [-0.1, -0.05) is 28.1 Å². The molecule has 0 unspecified atom stereocenters. The molecule has 3 aromatic rings. The van der Waals surface area contributed by atoms with Gasteiger partial charge in [0.1, 0.15) is 39.3 Å². The number of rotatable bonds is 12. The van der Waals surface area contributed by atoms with E-state index in [4.69, 9.17) is 37.7 Å². The number of hydrogen-bond acceptors (Lipinski definition) is 12. The van der Waals surface area contributed by atoms with Crippen LogP contribution in [-0.4, -0.2) is 90.1 Å². The summed E-state index contributed by atoms with van der Waals surface area (Å²) in [6.07, 6.45) is 1.28. The molecule has 46 heavy (non-hydrogen) atoms. The highest BCUT2D eigenvalue weighted by Gasteiger charge is 2.55. The zero-order chi connectivity index (χ0) is 33.3. The summed E-state index contributed by atoms with van der Waals surface area (Å²) in [6.45, 7) is 1.77. The molecule has 242 valence electrons. The number of nitrogens with one attached hydrogen (secondary N) is 1. The highest BCUT2D eigenvalue weighted by Crippen LogP contribution is 2.40. The van der Waals surface area contributed by atoms with Crippen LogP contribution >= 0.6 is 34.7 Å². The number of anilines is 1. The van der Waals surface area contributed by atoms with Gasteiger partial charge in [0.05, 0.1) is 6.54 Å². The first kappa shape index (κ1) is 32.5. The first-order valence-electron chi connectivity index (χ1n) is 13.4. The fourth-order valence-corrected chi connectivity index (χ4v) is 7.11. The van der Waals surface area contributed by atoms with Crippen LogP contribution in [-0.2, 0) is 41.8 Å². The second-order valence-corrected chi connectivity index (χ2v) is 12.6. The number of primary amides is 1. The second kappa shape index (κ2) is 13.2. The van der Waals surface area contributed by atoms with Crippen molar-refractivity contribution in [2.24, 2.45) is 10.9 Å². The molecule has 3 aromatic heterocycles. The molecule has 20 heteroatoms. The zero-order valence-electron chi connectivity index (χ0n) is 23.8. The van der Waals surface area contributed by atoms with E-state index in [1.165, 1.54) is 18.7 Å². The number of nitrogen functional groups attached to an aromatic ring is 1. The quantitative estimate of drug-likeness (QED) is 0.0746. The topological polar surface area (TPSA) is 246 Å². The maximum Gasteiger partial charge on any atom is 0.404 e. The number of nitrogens with two attached hydrogens (primary N) is 2. The number of hydrogen-bond donors (Lipinski definition) is 5. The number of amides is 3. The normalized spacial score (nSPS) is 18.5. The van der Waals surface area contributed by atoms with Crippen molar-refractivity contribution in [3.05, 3.63) is 51.9 Å². The van der Waals surface area contributed by atoms with E-state index in [0.29, 0.717) is 12.1 Å². The number of carbonyl (C=O) groups is 5. The molecule has 3 amide bonds. The average molecular weight is 694 g/mol. The number of thiazole rings is 1. The van der Waals surface area contributed by atoms with Crippen LogP contribution in [0, 0.1) is 0 Å². The summed E-state index contributed by atoms with van der Waals surface area (Å²) in [4.78, 5) is 71.2. The highest BCUT2D eigenvalue weighted by atomic mass is 35.5. The molecule has 17 nitrogen and oxygen atoms in total. The SMILES string of the molecule is C[C@H](O/N=C(\C(=O)N[C@@H]1C(=O)N2C(C(=O)O)=C(C[n+]3cccc4c3ccn4CCOC(N)=O)CS[C@H]12)c1nc(N)sc1Cl)C(=O)O. The fourth-order valence-electron chi connectivity index (χ4n) is 4.85. The van der Waals surface area contributed by atoms with Crippen LogP contribution in [0.5, 0.6) is 0 Å². The van der Waals surface area contributed by atoms with Gasteiger partial charge in [0, 0.05) is 29.7 Å². The molecular formula is C26H26ClN8O9S2+. The molecule has 1 fully saturated rings. The van der Waals surface area contributed by atoms with Crippen molar-refractivity contribution in [2.75, 3.05) is 18.1 Å². The number of thioether (sulfide) groups is 1. The third kappa shape index (κ3) is 6.42. The second-order valence-electron chi connectivity index (χ2n) is 9.90. The maximum atomic E-state index is 13.3. The van der Waals surface area contributed by atoms with Gasteiger partial charge in [-0.2, -0.15) is 4.57 Å². The number of aromatic nitrogens is 3.